The van der Waals surface area contributed by atoms with Gasteiger partial charge in [-0.3, -0.25) is 4.79 Å². The van der Waals surface area contributed by atoms with Crippen molar-refractivity contribution in [3.8, 4) is 0 Å². The van der Waals surface area contributed by atoms with Crippen molar-refractivity contribution in [2.24, 2.45) is 0 Å². The molecule has 3 aromatic rings. The first-order chi connectivity index (χ1) is 15.7. The summed E-state index contributed by atoms with van der Waals surface area (Å²) in [7, 11) is 0. The molecule has 3 heterocycles. The van der Waals surface area contributed by atoms with Gasteiger partial charge in [0.15, 0.2) is 0 Å². The Hall–Kier alpha value is -3.35. The minimum Gasteiger partial charge on any atom is -0.462 e. The summed E-state index contributed by atoms with van der Waals surface area (Å²) in [6.07, 6.45) is 6.82. The Morgan fingerprint density at radius 1 is 1.09 bits per heavy atom. The normalized spacial score (nSPS) is 14.4. The van der Waals surface area contributed by atoms with Crippen LogP contribution in [-0.4, -0.2) is 59.5 Å². The number of benzene rings is 1. The molecule has 0 unspecified atom stereocenters. The fourth-order valence-corrected chi connectivity index (χ4v) is 4.23. The molecule has 0 spiro atoms. The van der Waals surface area contributed by atoms with Crippen LogP contribution in [-0.2, 0) is 16.0 Å². The summed E-state index contributed by atoms with van der Waals surface area (Å²) in [5.74, 6) is 0.691. The lowest BCUT2D eigenvalue weighted by Crippen LogP contribution is -2.35. The summed E-state index contributed by atoms with van der Waals surface area (Å²) >= 11 is 0. The van der Waals surface area contributed by atoms with Crippen LogP contribution in [0.5, 0.6) is 0 Å². The third-order valence-electron chi connectivity index (χ3n) is 5.94. The van der Waals surface area contributed by atoms with Crippen LogP contribution in [0.25, 0.3) is 10.9 Å². The van der Waals surface area contributed by atoms with Gasteiger partial charge in [0, 0.05) is 55.9 Å². The number of H-pyrrole nitrogens is 1. The molecule has 0 aliphatic carbocycles. The van der Waals surface area contributed by atoms with Gasteiger partial charge in [-0.15, -0.1) is 0 Å². The van der Waals surface area contributed by atoms with Gasteiger partial charge in [0.2, 0.25) is 5.91 Å². The zero-order valence-electron chi connectivity index (χ0n) is 18.5. The Balaban J connectivity index is 1.27. The summed E-state index contributed by atoms with van der Waals surface area (Å²) in [4.78, 5) is 36.5. The molecular weight excluding hydrogens is 404 g/mol. The van der Waals surface area contributed by atoms with Crippen molar-refractivity contribution in [2.75, 3.05) is 37.7 Å². The summed E-state index contributed by atoms with van der Waals surface area (Å²) in [5.41, 5.74) is 2.87. The lowest BCUT2D eigenvalue weighted by Gasteiger charge is -2.23. The smallest absolute Gasteiger partial charge is 0.339 e. The van der Waals surface area contributed by atoms with E-state index in [2.05, 4.69) is 33.2 Å². The fourth-order valence-electron chi connectivity index (χ4n) is 4.23. The second-order valence-corrected chi connectivity index (χ2v) is 8.06. The van der Waals surface area contributed by atoms with E-state index in [9.17, 15) is 9.59 Å². The third-order valence-corrected chi connectivity index (χ3v) is 5.94. The largest absolute Gasteiger partial charge is 0.462 e. The Kier molecular flexibility index (Phi) is 7.04. The molecule has 0 saturated carbocycles. The lowest BCUT2D eigenvalue weighted by atomic mass is 10.1. The third kappa shape index (κ3) is 5.10. The Morgan fingerprint density at radius 3 is 2.78 bits per heavy atom. The first kappa shape index (κ1) is 21.9. The van der Waals surface area contributed by atoms with Crippen molar-refractivity contribution in [2.45, 2.75) is 32.6 Å². The maximum absolute atomic E-state index is 12.8. The molecule has 32 heavy (non-hydrogen) atoms. The molecular formula is C25H30N4O3. The summed E-state index contributed by atoms with van der Waals surface area (Å²) in [5, 5.41) is 1.24. The van der Waals surface area contributed by atoms with Gasteiger partial charge in [-0.2, -0.15) is 0 Å². The van der Waals surface area contributed by atoms with Crippen molar-refractivity contribution >= 4 is 28.6 Å². The van der Waals surface area contributed by atoms with E-state index in [0.29, 0.717) is 25.1 Å². The van der Waals surface area contributed by atoms with Gasteiger partial charge >= 0.3 is 5.97 Å². The number of nitrogens with zero attached hydrogens (tertiary/aromatic N) is 3. The highest BCUT2D eigenvalue weighted by Crippen LogP contribution is 2.20. The second-order valence-electron chi connectivity index (χ2n) is 8.06. The number of carbonyl (C=O) groups excluding carboxylic acids is 2. The number of anilines is 1. The van der Waals surface area contributed by atoms with E-state index in [1.165, 1.54) is 10.9 Å². The Labute approximate surface area is 188 Å². The fraction of sp³-hybridized carbons (Fsp3) is 0.400. The van der Waals surface area contributed by atoms with E-state index in [1.54, 1.807) is 19.2 Å². The van der Waals surface area contributed by atoms with Crippen LogP contribution in [0, 0.1) is 0 Å². The number of aromatic nitrogens is 2. The van der Waals surface area contributed by atoms with Gasteiger partial charge < -0.3 is 19.5 Å². The topological polar surface area (TPSA) is 78.5 Å². The SMILES string of the molecule is CCOC(=O)c1ccc(N2CCCN(C(=O)CCCc3c[nH]c4ccccc34)CC2)nc1. The molecule has 4 rings (SSSR count). The van der Waals surface area contributed by atoms with Crippen LogP contribution in [0.15, 0.2) is 48.8 Å². The molecule has 1 saturated heterocycles. The van der Waals surface area contributed by atoms with E-state index in [-0.39, 0.29) is 11.9 Å². The second kappa shape index (κ2) is 10.3. The number of ether oxygens (including phenoxy) is 1. The van der Waals surface area contributed by atoms with Crippen molar-refractivity contribution in [1.29, 1.82) is 0 Å². The number of rotatable bonds is 7. The molecule has 7 nitrogen and oxygen atoms in total. The maximum atomic E-state index is 12.8. The van der Waals surface area contributed by atoms with Crippen LogP contribution in [0.4, 0.5) is 5.82 Å². The Morgan fingerprint density at radius 2 is 1.97 bits per heavy atom. The minimum absolute atomic E-state index is 0.220. The zero-order chi connectivity index (χ0) is 22.3. The van der Waals surface area contributed by atoms with Crippen LogP contribution >= 0.6 is 0 Å². The van der Waals surface area contributed by atoms with E-state index >= 15 is 0 Å². The molecule has 1 aromatic carbocycles. The predicted octanol–water partition coefficient (Wildman–Crippen LogP) is 3.80. The standard InChI is InChI=1S/C25H30N4O3/c1-2-32-25(31)20-11-12-23(27-18-20)28-13-6-14-29(16-15-28)24(30)10-5-7-19-17-26-22-9-4-3-8-21(19)22/h3-4,8-9,11-12,17-18,26H,2,5-7,10,13-16H2,1H3. The van der Waals surface area contributed by atoms with Crippen LogP contribution in [0.1, 0.15) is 42.1 Å². The zero-order valence-corrected chi connectivity index (χ0v) is 18.5. The molecule has 168 valence electrons. The highest BCUT2D eigenvalue weighted by atomic mass is 16.5. The summed E-state index contributed by atoms with van der Waals surface area (Å²) in [6.45, 7) is 5.16. The number of pyridine rings is 1. The van der Waals surface area contributed by atoms with Crippen molar-refractivity contribution in [3.05, 3.63) is 59.9 Å². The molecule has 0 bridgehead atoms. The number of carbonyl (C=O) groups is 2. The molecule has 0 radical (unpaired) electrons. The highest BCUT2D eigenvalue weighted by molar-refractivity contribution is 5.89. The molecule has 1 amide bonds. The molecule has 7 heteroatoms. The minimum atomic E-state index is -0.355. The lowest BCUT2D eigenvalue weighted by molar-refractivity contribution is -0.131. The molecule has 2 aromatic heterocycles. The van der Waals surface area contributed by atoms with Crippen LogP contribution in [0.2, 0.25) is 0 Å². The summed E-state index contributed by atoms with van der Waals surface area (Å²) in [6, 6.07) is 11.9. The van der Waals surface area contributed by atoms with Gasteiger partial charge in [0.25, 0.3) is 0 Å². The number of hydrogen-bond acceptors (Lipinski definition) is 5. The number of aryl methyl sites for hydroxylation is 1. The van der Waals surface area contributed by atoms with E-state index in [4.69, 9.17) is 4.74 Å². The van der Waals surface area contributed by atoms with E-state index in [1.807, 2.05) is 23.1 Å². The predicted molar refractivity (Wildman–Crippen MR) is 125 cm³/mol. The van der Waals surface area contributed by atoms with E-state index < -0.39 is 0 Å². The number of aromatic amines is 1. The van der Waals surface area contributed by atoms with Gasteiger partial charge in [0.1, 0.15) is 5.82 Å². The van der Waals surface area contributed by atoms with Crippen molar-refractivity contribution in [1.82, 2.24) is 14.9 Å². The number of nitrogens with one attached hydrogen (secondary N) is 1. The van der Waals surface area contributed by atoms with Crippen molar-refractivity contribution < 1.29 is 14.3 Å². The maximum Gasteiger partial charge on any atom is 0.339 e. The monoisotopic (exact) mass is 434 g/mol. The van der Waals surface area contributed by atoms with Gasteiger partial charge in [-0.05, 0) is 49.9 Å². The summed E-state index contributed by atoms with van der Waals surface area (Å²) < 4.78 is 5.01. The molecule has 0 atom stereocenters. The number of fused-ring (bicyclic) bond motifs is 1. The number of esters is 1. The number of amides is 1. The van der Waals surface area contributed by atoms with Gasteiger partial charge in [-0.1, -0.05) is 18.2 Å². The first-order valence-electron chi connectivity index (χ1n) is 11.4. The number of hydrogen-bond donors (Lipinski definition) is 1. The van der Waals surface area contributed by atoms with Crippen LogP contribution in [0.3, 0.4) is 0 Å². The average Bonchev–Trinajstić information content (AvgIpc) is 3.06. The van der Waals surface area contributed by atoms with E-state index in [0.717, 1.165) is 50.2 Å². The van der Waals surface area contributed by atoms with Crippen molar-refractivity contribution in [3.63, 3.8) is 0 Å². The molecule has 1 aliphatic heterocycles. The van der Waals surface area contributed by atoms with Crippen LogP contribution < -0.4 is 4.90 Å². The molecule has 1 fully saturated rings. The van der Waals surface area contributed by atoms with Gasteiger partial charge in [0.05, 0.1) is 12.2 Å². The Bertz CT molecular complexity index is 1060. The average molecular weight is 435 g/mol. The highest BCUT2D eigenvalue weighted by Gasteiger charge is 2.20. The quantitative estimate of drug-likeness (QED) is 0.572. The van der Waals surface area contributed by atoms with Gasteiger partial charge in [-0.25, -0.2) is 9.78 Å². The number of para-hydroxylation sites is 1. The molecule has 1 N–H and O–H groups in total. The first-order valence-corrected chi connectivity index (χ1v) is 11.4. The molecule has 1 aliphatic rings.